The second kappa shape index (κ2) is 6.36. The first-order valence-corrected chi connectivity index (χ1v) is 5.53. The summed E-state index contributed by atoms with van der Waals surface area (Å²) in [6.07, 6.45) is 0.579. The molecular formula is C11H11BrO5. The predicted octanol–water partition coefficient (Wildman–Crippen LogP) is 1.77. The van der Waals surface area contributed by atoms with Gasteiger partial charge in [-0.2, -0.15) is 0 Å². The topological polar surface area (TPSA) is 72.8 Å². The molecule has 0 bridgehead atoms. The molecule has 0 fully saturated rings. The van der Waals surface area contributed by atoms with E-state index in [2.05, 4.69) is 15.9 Å². The molecule has 0 aliphatic rings. The van der Waals surface area contributed by atoms with Crippen molar-refractivity contribution in [3.63, 3.8) is 0 Å². The Bertz CT molecular complexity index is 430. The minimum atomic E-state index is -0.705. The summed E-state index contributed by atoms with van der Waals surface area (Å²) in [5, 5.41) is 9.65. The van der Waals surface area contributed by atoms with Gasteiger partial charge in [-0.3, -0.25) is 4.79 Å². The van der Waals surface area contributed by atoms with Crippen LogP contribution in [-0.4, -0.2) is 37.7 Å². The molecule has 6 heteroatoms. The lowest BCUT2D eigenvalue weighted by Crippen LogP contribution is -2.10. The van der Waals surface area contributed by atoms with Crippen LogP contribution in [0.5, 0.6) is 5.75 Å². The van der Waals surface area contributed by atoms with Crippen molar-refractivity contribution in [1.82, 2.24) is 0 Å². The number of methoxy groups -OCH3 is 1. The molecule has 0 aliphatic carbocycles. The molecular weight excluding hydrogens is 292 g/mol. The first-order chi connectivity index (χ1) is 8.10. The van der Waals surface area contributed by atoms with E-state index in [0.29, 0.717) is 6.29 Å². The first-order valence-electron chi connectivity index (χ1n) is 4.74. The van der Waals surface area contributed by atoms with Gasteiger partial charge in [0.05, 0.1) is 11.1 Å². The van der Waals surface area contributed by atoms with Gasteiger partial charge < -0.3 is 14.6 Å². The maximum absolute atomic E-state index is 11.6. The number of esters is 1. The molecule has 0 unspecified atom stereocenters. The molecule has 0 amide bonds. The monoisotopic (exact) mass is 302 g/mol. The lowest BCUT2D eigenvalue weighted by molar-refractivity contribution is 0.0385. The zero-order chi connectivity index (χ0) is 12.8. The molecule has 0 aromatic heterocycles. The van der Waals surface area contributed by atoms with Crippen LogP contribution in [0.2, 0.25) is 0 Å². The fourth-order valence-corrected chi connectivity index (χ4v) is 1.62. The van der Waals surface area contributed by atoms with Crippen LogP contribution in [0, 0.1) is 0 Å². The molecule has 0 atom stereocenters. The Morgan fingerprint density at radius 1 is 1.47 bits per heavy atom. The Morgan fingerprint density at radius 3 is 2.76 bits per heavy atom. The fourth-order valence-electron chi connectivity index (χ4n) is 1.14. The highest BCUT2D eigenvalue weighted by molar-refractivity contribution is 9.10. The van der Waals surface area contributed by atoms with E-state index in [1.165, 1.54) is 19.2 Å². The molecule has 0 spiro atoms. The molecule has 0 saturated heterocycles. The smallest absolute Gasteiger partial charge is 0.342 e. The van der Waals surface area contributed by atoms with Crippen LogP contribution < -0.4 is 0 Å². The minimum absolute atomic E-state index is 0.0578. The van der Waals surface area contributed by atoms with Gasteiger partial charge in [0.25, 0.3) is 0 Å². The van der Waals surface area contributed by atoms with Crippen molar-refractivity contribution in [3.8, 4) is 5.75 Å². The van der Waals surface area contributed by atoms with Crippen molar-refractivity contribution in [2.24, 2.45) is 0 Å². The number of aldehydes is 1. The van der Waals surface area contributed by atoms with Crippen molar-refractivity contribution >= 4 is 28.2 Å². The van der Waals surface area contributed by atoms with Crippen LogP contribution in [0.15, 0.2) is 16.6 Å². The third-order valence-electron chi connectivity index (χ3n) is 1.96. The third kappa shape index (κ3) is 3.54. The van der Waals surface area contributed by atoms with Gasteiger partial charge in [0, 0.05) is 12.7 Å². The lowest BCUT2D eigenvalue weighted by atomic mass is 10.1. The number of halogens is 1. The van der Waals surface area contributed by atoms with Crippen LogP contribution in [-0.2, 0) is 9.47 Å². The highest BCUT2D eigenvalue weighted by atomic mass is 79.9. The summed E-state index contributed by atoms with van der Waals surface area (Å²) in [5.74, 6) is -0.957. The molecule has 5 nitrogen and oxygen atoms in total. The van der Waals surface area contributed by atoms with Crippen molar-refractivity contribution in [3.05, 3.63) is 27.7 Å². The SMILES string of the molecule is COCCOC(=O)c1cc(C=O)cc(Br)c1O. The summed E-state index contributed by atoms with van der Waals surface area (Å²) in [5.41, 5.74) is 0.214. The molecule has 92 valence electrons. The van der Waals surface area contributed by atoms with Crippen LogP contribution >= 0.6 is 15.9 Å². The predicted molar refractivity (Wildman–Crippen MR) is 63.4 cm³/mol. The molecule has 1 aromatic carbocycles. The van der Waals surface area contributed by atoms with E-state index in [-0.39, 0.29) is 34.6 Å². The number of benzene rings is 1. The molecule has 0 saturated carbocycles. The summed E-state index contributed by atoms with van der Waals surface area (Å²) in [6.45, 7) is 0.346. The van der Waals surface area contributed by atoms with Crippen LogP contribution in [0.4, 0.5) is 0 Å². The first kappa shape index (κ1) is 13.7. The van der Waals surface area contributed by atoms with E-state index in [0.717, 1.165) is 0 Å². The van der Waals surface area contributed by atoms with Gasteiger partial charge in [-0.05, 0) is 28.1 Å². The standard InChI is InChI=1S/C11H11BrO5/c1-16-2-3-17-11(15)8-4-7(6-13)5-9(12)10(8)14/h4-6,14H,2-3H2,1H3. The molecule has 0 heterocycles. The Hall–Kier alpha value is -1.40. The molecule has 17 heavy (non-hydrogen) atoms. The molecule has 1 rings (SSSR count). The van der Waals surface area contributed by atoms with E-state index in [9.17, 15) is 14.7 Å². The number of hydrogen-bond donors (Lipinski definition) is 1. The van der Waals surface area contributed by atoms with E-state index in [1.54, 1.807) is 0 Å². The largest absolute Gasteiger partial charge is 0.506 e. The lowest BCUT2D eigenvalue weighted by Gasteiger charge is -2.07. The van der Waals surface area contributed by atoms with Crippen molar-refractivity contribution < 1.29 is 24.2 Å². The average molecular weight is 303 g/mol. The zero-order valence-electron chi connectivity index (χ0n) is 9.10. The average Bonchev–Trinajstić information content (AvgIpc) is 2.32. The number of carbonyl (C=O) groups excluding carboxylic acids is 2. The zero-order valence-corrected chi connectivity index (χ0v) is 10.7. The minimum Gasteiger partial charge on any atom is -0.506 e. The molecule has 1 N–H and O–H groups in total. The second-order valence-corrected chi connectivity index (χ2v) is 4.00. The van der Waals surface area contributed by atoms with E-state index < -0.39 is 5.97 Å². The van der Waals surface area contributed by atoms with Crippen LogP contribution in [0.3, 0.4) is 0 Å². The fraction of sp³-hybridized carbons (Fsp3) is 0.273. The summed E-state index contributed by atoms with van der Waals surface area (Å²) in [7, 11) is 1.48. The maximum Gasteiger partial charge on any atom is 0.342 e. The van der Waals surface area contributed by atoms with Gasteiger partial charge >= 0.3 is 5.97 Å². The summed E-state index contributed by atoms with van der Waals surface area (Å²) >= 11 is 3.05. The second-order valence-electron chi connectivity index (χ2n) is 3.15. The third-order valence-corrected chi connectivity index (χ3v) is 2.57. The molecule has 0 aliphatic heterocycles. The van der Waals surface area contributed by atoms with Gasteiger partial charge in [0.1, 0.15) is 24.2 Å². The van der Waals surface area contributed by atoms with Gasteiger partial charge in [0.15, 0.2) is 0 Å². The van der Waals surface area contributed by atoms with Gasteiger partial charge in [-0.1, -0.05) is 0 Å². The van der Waals surface area contributed by atoms with E-state index in [4.69, 9.17) is 9.47 Å². The van der Waals surface area contributed by atoms with Gasteiger partial charge in [-0.25, -0.2) is 4.79 Å². The van der Waals surface area contributed by atoms with Crippen LogP contribution in [0.1, 0.15) is 20.7 Å². The van der Waals surface area contributed by atoms with Gasteiger partial charge in [-0.15, -0.1) is 0 Å². The van der Waals surface area contributed by atoms with Gasteiger partial charge in [0.2, 0.25) is 0 Å². The Morgan fingerprint density at radius 2 is 2.18 bits per heavy atom. The summed E-state index contributed by atoms with van der Waals surface area (Å²) in [4.78, 5) is 22.2. The molecule has 1 aromatic rings. The summed E-state index contributed by atoms with van der Waals surface area (Å²) < 4.78 is 9.83. The van der Waals surface area contributed by atoms with E-state index >= 15 is 0 Å². The van der Waals surface area contributed by atoms with Crippen LogP contribution in [0.25, 0.3) is 0 Å². The number of aromatic hydroxyl groups is 1. The number of phenolic OH excluding ortho intramolecular Hbond substituents is 1. The number of rotatable bonds is 5. The number of ether oxygens (including phenoxy) is 2. The van der Waals surface area contributed by atoms with Crippen molar-refractivity contribution in [2.75, 3.05) is 20.3 Å². The Labute approximate surface area is 106 Å². The van der Waals surface area contributed by atoms with Crippen molar-refractivity contribution in [2.45, 2.75) is 0 Å². The highest BCUT2D eigenvalue weighted by Gasteiger charge is 2.16. The maximum atomic E-state index is 11.6. The molecule has 0 radical (unpaired) electrons. The summed E-state index contributed by atoms with van der Waals surface area (Å²) in [6, 6.07) is 2.68. The number of hydrogen-bond acceptors (Lipinski definition) is 5. The Kier molecular flexibility index (Phi) is 5.11. The van der Waals surface area contributed by atoms with E-state index in [1.807, 2.05) is 0 Å². The van der Waals surface area contributed by atoms with Crippen molar-refractivity contribution in [1.29, 1.82) is 0 Å². The quantitative estimate of drug-likeness (QED) is 0.510. The Balaban J connectivity index is 2.92. The number of carbonyl (C=O) groups is 2. The normalized spacial score (nSPS) is 10.0. The number of phenols is 1. The highest BCUT2D eigenvalue weighted by Crippen LogP contribution is 2.29.